The fraction of sp³-hybridized carbons (Fsp3) is 0.150. The van der Waals surface area contributed by atoms with Gasteiger partial charge in [0, 0.05) is 23.0 Å². The van der Waals surface area contributed by atoms with Crippen LogP contribution in [-0.2, 0) is 11.3 Å². The lowest BCUT2D eigenvalue weighted by molar-refractivity contribution is -0.119. The zero-order chi connectivity index (χ0) is 18.4. The SMILES string of the molecule is CC(Sc1ccnc2ccccc12)C(=O)NC(=O)NCc1ccccc1. The van der Waals surface area contributed by atoms with Crippen molar-refractivity contribution in [1.29, 1.82) is 0 Å². The first-order valence-corrected chi connectivity index (χ1v) is 9.14. The molecule has 2 N–H and O–H groups in total. The molecule has 1 unspecified atom stereocenters. The first-order valence-electron chi connectivity index (χ1n) is 8.26. The molecule has 3 amide bonds. The van der Waals surface area contributed by atoms with Gasteiger partial charge in [-0.2, -0.15) is 0 Å². The van der Waals surface area contributed by atoms with E-state index in [9.17, 15) is 9.59 Å². The van der Waals surface area contributed by atoms with Crippen LogP contribution in [0.2, 0.25) is 0 Å². The number of urea groups is 1. The van der Waals surface area contributed by atoms with Crippen LogP contribution < -0.4 is 10.6 Å². The monoisotopic (exact) mass is 365 g/mol. The summed E-state index contributed by atoms with van der Waals surface area (Å²) >= 11 is 1.41. The van der Waals surface area contributed by atoms with Gasteiger partial charge in [0.05, 0.1) is 10.8 Å². The molecule has 0 aliphatic rings. The molecule has 1 aromatic heterocycles. The molecule has 5 nitrogen and oxygen atoms in total. The molecule has 3 aromatic rings. The zero-order valence-corrected chi connectivity index (χ0v) is 15.1. The van der Waals surface area contributed by atoms with Gasteiger partial charge < -0.3 is 5.32 Å². The molecule has 1 heterocycles. The van der Waals surface area contributed by atoms with Crippen molar-refractivity contribution in [2.75, 3.05) is 0 Å². The van der Waals surface area contributed by atoms with Gasteiger partial charge in [-0.25, -0.2) is 4.79 Å². The Morgan fingerprint density at radius 1 is 1.04 bits per heavy atom. The van der Waals surface area contributed by atoms with Crippen LogP contribution in [0.25, 0.3) is 10.9 Å². The van der Waals surface area contributed by atoms with Crippen molar-refractivity contribution in [3.05, 3.63) is 72.4 Å². The number of fused-ring (bicyclic) bond motifs is 1. The Bertz CT molecular complexity index is 910. The third-order valence-electron chi connectivity index (χ3n) is 3.81. The molecule has 0 fully saturated rings. The van der Waals surface area contributed by atoms with E-state index in [2.05, 4.69) is 15.6 Å². The van der Waals surface area contributed by atoms with Gasteiger partial charge in [-0.1, -0.05) is 48.5 Å². The van der Waals surface area contributed by atoms with Crippen LogP contribution >= 0.6 is 11.8 Å². The van der Waals surface area contributed by atoms with E-state index in [1.54, 1.807) is 13.1 Å². The van der Waals surface area contributed by atoms with E-state index in [0.29, 0.717) is 6.54 Å². The number of carbonyl (C=O) groups excluding carboxylic acids is 2. The lowest BCUT2D eigenvalue weighted by atomic mass is 10.2. The minimum absolute atomic E-state index is 0.332. The highest BCUT2D eigenvalue weighted by Crippen LogP contribution is 2.29. The number of thioether (sulfide) groups is 1. The van der Waals surface area contributed by atoms with E-state index in [1.807, 2.05) is 60.7 Å². The van der Waals surface area contributed by atoms with Gasteiger partial charge in [0.2, 0.25) is 5.91 Å². The Hall–Kier alpha value is -2.86. The summed E-state index contributed by atoms with van der Waals surface area (Å²) in [5.41, 5.74) is 1.85. The second kappa shape index (κ2) is 8.49. The summed E-state index contributed by atoms with van der Waals surface area (Å²) in [6.45, 7) is 2.15. The van der Waals surface area contributed by atoms with E-state index in [0.717, 1.165) is 21.4 Å². The second-order valence-electron chi connectivity index (χ2n) is 5.74. The zero-order valence-electron chi connectivity index (χ0n) is 14.3. The van der Waals surface area contributed by atoms with E-state index in [1.165, 1.54) is 11.8 Å². The molecule has 0 aliphatic carbocycles. The van der Waals surface area contributed by atoms with Gasteiger partial charge in [0.1, 0.15) is 0 Å². The fourth-order valence-corrected chi connectivity index (χ4v) is 3.44. The summed E-state index contributed by atoms with van der Waals surface area (Å²) < 4.78 is 0. The fourth-order valence-electron chi connectivity index (χ4n) is 2.45. The lowest BCUT2D eigenvalue weighted by Gasteiger charge is -2.13. The molecule has 0 radical (unpaired) electrons. The Labute approximate surface area is 156 Å². The van der Waals surface area contributed by atoms with Gasteiger partial charge in [0.15, 0.2) is 0 Å². The first-order chi connectivity index (χ1) is 12.6. The van der Waals surface area contributed by atoms with Gasteiger partial charge in [0.25, 0.3) is 0 Å². The quantitative estimate of drug-likeness (QED) is 0.676. The van der Waals surface area contributed by atoms with Crippen molar-refractivity contribution in [3.8, 4) is 0 Å². The molecule has 0 saturated heterocycles. The van der Waals surface area contributed by atoms with Crippen LogP contribution in [0.15, 0.2) is 71.8 Å². The second-order valence-corrected chi connectivity index (χ2v) is 7.13. The Balaban J connectivity index is 1.56. The summed E-state index contributed by atoms with van der Waals surface area (Å²) in [4.78, 5) is 29.5. The van der Waals surface area contributed by atoms with Gasteiger partial charge in [-0.15, -0.1) is 11.8 Å². The maximum Gasteiger partial charge on any atom is 0.321 e. The molecule has 1 atom stereocenters. The van der Waals surface area contributed by atoms with Gasteiger partial charge in [-0.05, 0) is 24.6 Å². The maximum atomic E-state index is 12.3. The number of rotatable bonds is 5. The molecular formula is C20H19N3O2S. The average Bonchev–Trinajstić information content (AvgIpc) is 2.67. The predicted octanol–water partition coefficient (Wildman–Crippen LogP) is 3.74. The molecule has 132 valence electrons. The van der Waals surface area contributed by atoms with Crippen molar-refractivity contribution in [3.63, 3.8) is 0 Å². The molecule has 0 aliphatic heterocycles. The topological polar surface area (TPSA) is 71.1 Å². The van der Waals surface area contributed by atoms with Crippen LogP contribution in [0.1, 0.15) is 12.5 Å². The highest BCUT2D eigenvalue weighted by molar-refractivity contribution is 8.00. The highest BCUT2D eigenvalue weighted by Gasteiger charge is 2.18. The summed E-state index contributed by atoms with van der Waals surface area (Å²) in [5, 5.41) is 5.66. The smallest absolute Gasteiger partial charge is 0.321 e. The number of hydrogen-bond donors (Lipinski definition) is 2. The van der Waals surface area contributed by atoms with Crippen molar-refractivity contribution >= 4 is 34.6 Å². The maximum absolute atomic E-state index is 12.3. The summed E-state index contributed by atoms with van der Waals surface area (Å²) in [6, 6.07) is 18.7. The minimum Gasteiger partial charge on any atom is -0.334 e. The van der Waals surface area contributed by atoms with Crippen molar-refractivity contribution < 1.29 is 9.59 Å². The number of pyridine rings is 1. The summed E-state index contributed by atoms with van der Waals surface area (Å²) in [6.07, 6.45) is 1.72. The number of nitrogens with one attached hydrogen (secondary N) is 2. The number of hydrogen-bond acceptors (Lipinski definition) is 4. The molecular weight excluding hydrogens is 346 g/mol. The van der Waals surface area contributed by atoms with E-state index in [4.69, 9.17) is 0 Å². The molecule has 26 heavy (non-hydrogen) atoms. The Morgan fingerprint density at radius 3 is 2.58 bits per heavy atom. The number of carbonyl (C=O) groups is 2. The molecule has 0 bridgehead atoms. The third kappa shape index (κ3) is 4.61. The molecule has 0 saturated carbocycles. The summed E-state index contributed by atoms with van der Waals surface area (Å²) in [7, 11) is 0. The van der Waals surface area contributed by atoms with Crippen LogP contribution in [0.3, 0.4) is 0 Å². The third-order valence-corrected chi connectivity index (χ3v) is 4.99. The normalized spacial score (nSPS) is 11.7. The number of benzene rings is 2. The Morgan fingerprint density at radius 2 is 1.77 bits per heavy atom. The van der Waals surface area contributed by atoms with Crippen molar-refractivity contribution in [2.45, 2.75) is 23.6 Å². The standard InChI is InChI=1S/C20H19N3O2S/c1-14(26-18-11-12-21-17-10-6-5-9-16(17)18)19(24)23-20(25)22-13-15-7-3-2-4-8-15/h2-12,14H,13H2,1H3,(H2,22,23,24,25). The Kier molecular flexibility index (Phi) is 5.86. The molecule has 2 aromatic carbocycles. The van der Waals surface area contributed by atoms with Crippen LogP contribution in [0.5, 0.6) is 0 Å². The molecule has 0 spiro atoms. The molecule has 3 rings (SSSR count). The largest absolute Gasteiger partial charge is 0.334 e. The number of nitrogens with zero attached hydrogens (tertiary/aromatic N) is 1. The number of para-hydroxylation sites is 1. The summed E-state index contributed by atoms with van der Waals surface area (Å²) in [5.74, 6) is -0.332. The van der Waals surface area contributed by atoms with Gasteiger partial charge in [-0.3, -0.25) is 15.1 Å². The van der Waals surface area contributed by atoms with Gasteiger partial charge >= 0.3 is 6.03 Å². The average molecular weight is 365 g/mol. The van der Waals surface area contributed by atoms with Crippen LogP contribution in [0, 0.1) is 0 Å². The van der Waals surface area contributed by atoms with Crippen molar-refractivity contribution in [2.24, 2.45) is 0 Å². The molecule has 6 heteroatoms. The van der Waals surface area contributed by atoms with E-state index in [-0.39, 0.29) is 5.91 Å². The first kappa shape index (κ1) is 17.9. The van der Waals surface area contributed by atoms with Crippen LogP contribution in [0.4, 0.5) is 4.79 Å². The van der Waals surface area contributed by atoms with Crippen LogP contribution in [-0.4, -0.2) is 22.2 Å². The van der Waals surface area contributed by atoms with E-state index >= 15 is 0 Å². The minimum atomic E-state index is -0.495. The number of imide groups is 1. The van der Waals surface area contributed by atoms with Crippen molar-refractivity contribution in [1.82, 2.24) is 15.6 Å². The number of aromatic nitrogens is 1. The number of amides is 3. The predicted molar refractivity (Wildman–Crippen MR) is 104 cm³/mol. The van der Waals surface area contributed by atoms with E-state index < -0.39 is 11.3 Å². The highest BCUT2D eigenvalue weighted by atomic mass is 32.2. The lowest BCUT2D eigenvalue weighted by Crippen LogP contribution is -2.42.